The molecular weight excluding hydrogens is 228 g/mol. The van der Waals surface area contributed by atoms with Crippen LogP contribution in [0.15, 0.2) is 0 Å². The maximum absolute atomic E-state index is 12.7. The van der Waals surface area contributed by atoms with Gasteiger partial charge >= 0.3 is 0 Å². The molecule has 0 aromatic rings. The minimum atomic E-state index is 0.0747. The second-order valence-corrected chi connectivity index (χ2v) is 5.99. The summed E-state index contributed by atoms with van der Waals surface area (Å²) in [5.41, 5.74) is 6.08. The van der Waals surface area contributed by atoms with E-state index in [1.807, 2.05) is 0 Å². The number of nitrogens with zero attached hydrogens (tertiary/aromatic N) is 1. The lowest BCUT2D eigenvalue weighted by Crippen LogP contribution is -2.57. The maximum Gasteiger partial charge on any atom is 0.227 e. The fraction of sp³-hybridized carbons (Fsp3) is 0.929. The number of carbonyl (C=O) groups excluding carboxylic acids is 1. The highest BCUT2D eigenvalue weighted by Crippen LogP contribution is 2.32. The van der Waals surface area contributed by atoms with Crippen LogP contribution in [-0.2, 0) is 9.53 Å². The molecule has 0 aromatic carbocycles. The van der Waals surface area contributed by atoms with Crippen molar-refractivity contribution in [3.63, 3.8) is 0 Å². The third-order valence-corrected chi connectivity index (χ3v) is 4.90. The molecule has 18 heavy (non-hydrogen) atoms. The van der Waals surface area contributed by atoms with E-state index >= 15 is 0 Å². The van der Waals surface area contributed by atoms with Crippen molar-refractivity contribution in [1.82, 2.24) is 4.90 Å². The average Bonchev–Trinajstić information content (AvgIpc) is 2.83. The van der Waals surface area contributed by atoms with Crippen LogP contribution < -0.4 is 5.73 Å². The van der Waals surface area contributed by atoms with E-state index in [1.165, 1.54) is 12.8 Å². The van der Waals surface area contributed by atoms with Gasteiger partial charge in [0, 0.05) is 12.6 Å². The number of carbonyl (C=O) groups is 1. The van der Waals surface area contributed by atoms with E-state index in [9.17, 15) is 4.79 Å². The highest BCUT2D eigenvalue weighted by molar-refractivity contribution is 5.80. The first kappa shape index (κ1) is 12.4. The number of morpholine rings is 1. The van der Waals surface area contributed by atoms with Crippen LogP contribution in [0.1, 0.15) is 44.9 Å². The van der Waals surface area contributed by atoms with Crippen molar-refractivity contribution >= 4 is 5.91 Å². The summed E-state index contributed by atoms with van der Waals surface area (Å²) in [5.74, 6) is 0.380. The number of ether oxygens (including phenoxy) is 1. The summed E-state index contributed by atoms with van der Waals surface area (Å²) in [6, 6.07) is 0.412. The van der Waals surface area contributed by atoms with E-state index in [0.29, 0.717) is 18.6 Å². The van der Waals surface area contributed by atoms with Crippen molar-refractivity contribution in [1.29, 1.82) is 0 Å². The predicted molar refractivity (Wildman–Crippen MR) is 69.0 cm³/mol. The molecule has 3 fully saturated rings. The molecule has 1 amide bonds. The number of hydrogen-bond donors (Lipinski definition) is 1. The molecule has 0 spiro atoms. The molecule has 4 heteroatoms. The van der Waals surface area contributed by atoms with Gasteiger partial charge in [-0.2, -0.15) is 0 Å². The molecule has 3 rings (SSSR count). The second-order valence-electron chi connectivity index (χ2n) is 5.99. The molecule has 0 radical (unpaired) electrons. The third kappa shape index (κ3) is 2.16. The molecule has 2 aliphatic carbocycles. The Bertz CT molecular complexity index is 319. The zero-order valence-electron chi connectivity index (χ0n) is 11.0. The van der Waals surface area contributed by atoms with Crippen LogP contribution >= 0.6 is 0 Å². The minimum absolute atomic E-state index is 0.0747. The van der Waals surface area contributed by atoms with E-state index in [-0.39, 0.29) is 18.1 Å². The van der Waals surface area contributed by atoms with E-state index in [0.717, 1.165) is 38.6 Å². The smallest absolute Gasteiger partial charge is 0.227 e. The summed E-state index contributed by atoms with van der Waals surface area (Å²) >= 11 is 0. The summed E-state index contributed by atoms with van der Waals surface area (Å²) < 4.78 is 5.83. The normalized spacial score (nSPS) is 40.6. The fourth-order valence-electron chi connectivity index (χ4n) is 3.88. The molecule has 102 valence electrons. The van der Waals surface area contributed by atoms with E-state index in [1.54, 1.807) is 0 Å². The summed E-state index contributed by atoms with van der Waals surface area (Å²) in [6.07, 6.45) is 8.08. The lowest BCUT2D eigenvalue weighted by Gasteiger charge is -2.45. The summed E-state index contributed by atoms with van der Waals surface area (Å²) in [5, 5.41) is 0. The Morgan fingerprint density at radius 2 is 1.94 bits per heavy atom. The van der Waals surface area contributed by atoms with E-state index in [4.69, 9.17) is 10.5 Å². The van der Waals surface area contributed by atoms with Crippen molar-refractivity contribution in [3.05, 3.63) is 0 Å². The maximum atomic E-state index is 12.7. The van der Waals surface area contributed by atoms with Gasteiger partial charge < -0.3 is 15.4 Å². The van der Waals surface area contributed by atoms with Gasteiger partial charge in [-0.25, -0.2) is 0 Å². The SMILES string of the molecule is NC1CCCC1C(=O)N1CCOC2CCCCC21. The van der Waals surface area contributed by atoms with Gasteiger partial charge in [0.25, 0.3) is 0 Å². The Kier molecular flexibility index (Phi) is 3.57. The molecule has 1 heterocycles. The molecule has 2 saturated carbocycles. The summed E-state index contributed by atoms with van der Waals surface area (Å²) in [4.78, 5) is 14.8. The number of hydrogen-bond acceptors (Lipinski definition) is 3. The Balaban J connectivity index is 1.71. The summed E-state index contributed by atoms with van der Waals surface area (Å²) in [6.45, 7) is 1.47. The first-order valence-electron chi connectivity index (χ1n) is 7.45. The van der Waals surface area contributed by atoms with Crippen molar-refractivity contribution in [3.8, 4) is 0 Å². The van der Waals surface area contributed by atoms with Crippen molar-refractivity contribution in [2.24, 2.45) is 11.7 Å². The lowest BCUT2D eigenvalue weighted by atomic mass is 9.89. The topological polar surface area (TPSA) is 55.6 Å². The van der Waals surface area contributed by atoms with Crippen molar-refractivity contribution in [2.45, 2.75) is 63.1 Å². The monoisotopic (exact) mass is 252 g/mol. The Morgan fingerprint density at radius 1 is 1.11 bits per heavy atom. The Labute approximate surface area is 109 Å². The predicted octanol–water partition coefficient (Wildman–Crippen LogP) is 1.28. The van der Waals surface area contributed by atoms with Gasteiger partial charge in [-0.3, -0.25) is 4.79 Å². The second kappa shape index (κ2) is 5.17. The van der Waals surface area contributed by atoms with Gasteiger partial charge in [-0.15, -0.1) is 0 Å². The number of rotatable bonds is 1. The van der Waals surface area contributed by atoms with Crippen LogP contribution in [0.4, 0.5) is 0 Å². The van der Waals surface area contributed by atoms with E-state index in [2.05, 4.69) is 4.90 Å². The number of nitrogens with two attached hydrogens (primary N) is 1. The Morgan fingerprint density at radius 3 is 2.72 bits per heavy atom. The molecule has 4 unspecified atom stereocenters. The van der Waals surface area contributed by atoms with Crippen molar-refractivity contribution < 1.29 is 9.53 Å². The molecule has 2 N–H and O–H groups in total. The standard InChI is InChI=1S/C14H24N2O2/c15-11-5-3-4-10(11)14(17)16-8-9-18-13-7-2-1-6-12(13)16/h10-13H,1-9,15H2. The first-order valence-corrected chi connectivity index (χ1v) is 7.45. The largest absolute Gasteiger partial charge is 0.374 e. The zero-order chi connectivity index (χ0) is 12.5. The number of fused-ring (bicyclic) bond motifs is 1. The average molecular weight is 252 g/mol. The highest BCUT2D eigenvalue weighted by atomic mass is 16.5. The fourth-order valence-corrected chi connectivity index (χ4v) is 3.88. The van der Waals surface area contributed by atoms with Gasteiger partial charge in [0.2, 0.25) is 5.91 Å². The van der Waals surface area contributed by atoms with Gasteiger partial charge in [0.1, 0.15) is 0 Å². The van der Waals surface area contributed by atoms with Crippen LogP contribution in [0.25, 0.3) is 0 Å². The van der Waals surface area contributed by atoms with Crippen LogP contribution in [0.5, 0.6) is 0 Å². The van der Waals surface area contributed by atoms with Gasteiger partial charge in [0.15, 0.2) is 0 Å². The molecule has 4 atom stereocenters. The molecule has 3 aliphatic rings. The molecule has 0 bridgehead atoms. The highest BCUT2D eigenvalue weighted by Gasteiger charge is 2.41. The van der Waals surface area contributed by atoms with Crippen LogP contribution in [0, 0.1) is 5.92 Å². The molecule has 0 aromatic heterocycles. The van der Waals surface area contributed by atoms with Crippen molar-refractivity contribution in [2.75, 3.05) is 13.2 Å². The molecule has 1 saturated heterocycles. The lowest BCUT2D eigenvalue weighted by molar-refractivity contribution is -0.153. The minimum Gasteiger partial charge on any atom is -0.374 e. The Hall–Kier alpha value is -0.610. The van der Waals surface area contributed by atoms with E-state index < -0.39 is 0 Å². The molecule has 1 aliphatic heterocycles. The number of amides is 1. The summed E-state index contributed by atoms with van der Waals surface area (Å²) in [7, 11) is 0. The van der Waals surface area contributed by atoms with Gasteiger partial charge in [0.05, 0.1) is 24.7 Å². The molecule has 4 nitrogen and oxygen atoms in total. The van der Waals surface area contributed by atoms with Crippen LogP contribution in [0.2, 0.25) is 0 Å². The zero-order valence-corrected chi connectivity index (χ0v) is 11.0. The van der Waals surface area contributed by atoms with Crippen LogP contribution in [0.3, 0.4) is 0 Å². The van der Waals surface area contributed by atoms with Gasteiger partial charge in [-0.05, 0) is 25.7 Å². The van der Waals surface area contributed by atoms with Crippen LogP contribution in [-0.4, -0.2) is 42.1 Å². The quantitative estimate of drug-likeness (QED) is 0.765. The van der Waals surface area contributed by atoms with Gasteiger partial charge in [-0.1, -0.05) is 19.3 Å². The molecular formula is C14H24N2O2. The first-order chi connectivity index (χ1) is 8.77. The third-order valence-electron chi connectivity index (χ3n) is 4.90.